The largest absolute Gasteiger partial charge is 0.475 e. The van der Waals surface area contributed by atoms with Crippen LogP contribution in [0.25, 0.3) is 11.1 Å². The molecule has 0 aromatic carbocycles. The van der Waals surface area contributed by atoms with Gasteiger partial charge in [0.2, 0.25) is 5.88 Å². The predicted octanol–water partition coefficient (Wildman–Crippen LogP) is 6.73. The van der Waals surface area contributed by atoms with Crippen LogP contribution in [-0.2, 0) is 7.05 Å². The molecule has 0 bridgehead atoms. The van der Waals surface area contributed by atoms with Crippen molar-refractivity contribution in [3.63, 3.8) is 0 Å². The second-order valence-electron chi connectivity index (χ2n) is 15.8. The molecule has 310 valence electrons. The summed E-state index contributed by atoms with van der Waals surface area (Å²) in [7, 11) is 1.90. The fraction of sp³-hybridized carbons (Fsp3) is 0.488. The number of hydrogen-bond acceptors (Lipinski definition) is 9. The van der Waals surface area contributed by atoms with E-state index in [0.717, 1.165) is 41.1 Å². The van der Waals surface area contributed by atoms with Gasteiger partial charge in [-0.25, -0.2) is 4.98 Å². The summed E-state index contributed by atoms with van der Waals surface area (Å²) in [6.07, 6.45) is 8.27. The first-order valence-corrected chi connectivity index (χ1v) is 20.3. The molecule has 2 saturated heterocycles. The molecule has 0 aliphatic carbocycles. The maximum atomic E-state index is 13.0. The zero-order chi connectivity index (χ0) is 41.9. The fourth-order valence-electron chi connectivity index (χ4n) is 6.59. The number of aryl methyl sites for hydroxylation is 1. The third-order valence-corrected chi connectivity index (χ3v) is 9.70. The molecule has 2 fully saturated rings. The van der Waals surface area contributed by atoms with Gasteiger partial charge in [-0.2, -0.15) is 15.3 Å². The molecule has 0 spiro atoms. The summed E-state index contributed by atoms with van der Waals surface area (Å²) >= 11 is 0. The molecule has 3 N–H and O–H groups in total. The van der Waals surface area contributed by atoms with E-state index in [4.69, 9.17) is 9.72 Å². The predicted molar refractivity (Wildman–Crippen MR) is 223 cm³/mol. The van der Waals surface area contributed by atoms with Crippen LogP contribution in [0.3, 0.4) is 0 Å². The van der Waals surface area contributed by atoms with Gasteiger partial charge < -0.3 is 19.9 Å². The number of pyridine rings is 2. The van der Waals surface area contributed by atoms with Gasteiger partial charge in [0, 0.05) is 86.3 Å². The first kappa shape index (κ1) is 43.3. The van der Waals surface area contributed by atoms with Gasteiger partial charge in [0.15, 0.2) is 0 Å². The minimum Gasteiger partial charge on any atom is -0.475 e. The van der Waals surface area contributed by atoms with Crippen molar-refractivity contribution in [1.82, 2.24) is 55.3 Å². The van der Waals surface area contributed by atoms with Crippen LogP contribution in [0, 0.1) is 0 Å². The first-order chi connectivity index (χ1) is 27.8. The van der Waals surface area contributed by atoms with Crippen molar-refractivity contribution in [2.45, 2.75) is 105 Å². The molecule has 2 unspecified atom stereocenters. The van der Waals surface area contributed by atoms with Crippen LogP contribution in [0.15, 0.2) is 61.1 Å². The van der Waals surface area contributed by atoms with Gasteiger partial charge in [0.1, 0.15) is 17.1 Å². The van der Waals surface area contributed by atoms with E-state index in [0.29, 0.717) is 61.0 Å². The summed E-state index contributed by atoms with van der Waals surface area (Å²) in [5.74, 6) is 1.00. The van der Waals surface area contributed by atoms with Crippen molar-refractivity contribution in [1.29, 1.82) is 0 Å². The van der Waals surface area contributed by atoms with Crippen LogP contribution in [-0.4, -0.2) is 106 Å². The van der Waals surface area contributed by atoms with Crippen LogP contribution in [0.2, 0.25) is 0 Å². The van der Waals surface area contributed by atoms with Gasteiger partial charge in [0.25, 0.3) is 17.7 Å². The third kappa shape index (κ3) is 11.4. The molecular weight excluding hydrogens is 735 g/mol. The fourth-order valence-corrected chi connectivity index (χ4v) is 6.59. The van der Waals surface area contributed by atoms with Gasteiger partial charge in [-0.15, -0.1) is 0 Å². The Morgan fingerprint density at radius 1 is 0.828 bits per heavy atom. The van der Waals surface area contributed by atoms with Crippen LogP contribution in [0.4, 0.5) is 0 Å². The molecule has 15 heteroatoms. The van der Waals surface area contributed by atoms with E-state index >= 15 is 0 Å². The highest BCUT2D eigenvalue weighted by Gasteiger charge is 2.32. The Morgan fingerprint density at radius 2 is 1.45 bits per heavy atom. The van der Waals surface area contributed by atoms with E-state index in [1.54, 1.807) is 40.0 Å². The number of carbonyl (C=O) groups excluding carboxylic acids is 3. The van der Waals surface area contributed by atoms with E-state index in [2.05, 4.69) is 69.6 Å². The van der Waals surface area contributed by atoms with Crippen LogP contribution in [0.5, 0.6) is 5.88 Å². The number of likely N-dealkylation sites (tertiary alicyclic amines) is 2. The number of nitrogens with one attached hydrogen (secondary N) is 3. The smallest absolute Gasteiger partial charge is 0.274 e. The van der Waals surface area contributed by atoms with Crippen molar-refractivity contribution >= 4 is 17.7 Å². The SMILES string of the molecule is CC(C)Oc1cc(-c2cnn(C)c2)cc(C2CCN(C(=O)c3cc(C(C)C)[nH]n3)C2)n1.CC(C)c1cc(C(=O)N2CCC(NC(=O)c3ccccn3)C2)n[nH]1.CCC. The van der Waals surface area contributed by atoms with E-state index in [9.17, 15) is 14.4 Å². The average Bonchev–Trinajstić information content (AvgIpc) is 4.05. The Hall–Kier alpha value is -5.86. The maximum Gasteiger partial charge on any atom is 0.274 e. The second kappa shape index (κ2) is 20.0. The Balaban J connectivity index is 0.000000213. The summed E-state index contributed by atoms with van der Waals surface area (Å²) < 4.78 is 7.70. The van der Waals surface area contributed by atoms with E-state index < -0.39 is 0 Å². The number of nitrogens with zero attached hydrogens (tertiary/aromatic N) is 8. The number of amides is 3. The molecule has 0 radical (unpaired) electrons. The molecule has 2 atom stereocenters. The highest BCUT2D eigenvalue weighted by molar-refractivity contribution is 5.94. The third-order valence-electron chi connectivity index (χ3n) is 9.70. The number of hydrogen-bond donors (Lipinski definition) is 3. The Bertz CT molecular complexity index is 2100. The van der Waals surface area contributed by atoms with Crippen LogP contribution < -0.4 is 10.1 Å². The number of carbonyl (C=O) groups is 3. The van der Waals surface area contributed by atoms with Crippen LogP contribution >= 0.6 is 0 Å². The summed E-state index contributed by atoms with van der Waals surface area (Å²) in [4.78, 5) is 50.0. The molecule has 15 nitrogen and oxygen atoms in total. The van der Waals surface area contributed by atoms with E-state index in [-0.39, 0.29) is 35.8 Å². The molecule has 2 aliphatic heterocycles. The quantitative estimate of drug-likeness (QED) is 0.138. The summed E-state index contributed by atoms with van der Waals surface area (Å²) in [6.45, 7) is 18.9. The van der Waals surface area contributed by atoms with Crippen molar-refractivity contribution in [3.8, 4) is 17.0 Å². The van der Waals surface area contributed by atoms with Gasteiger partial charge in [-0.3, -0.25) is 34.2 Å². The number of aromatic nitrogens is 8. The summed E-state index contributed by atoms with van der Waals surface area (Å²) in [5.41, 5.74) is 6.18. The van der Waals surface area contributed by atoms with Gasteiger partial charge in [-0.05, 0) is 74.4 Å². The summed E-state index contributed by atoms with van der Waals surface area (Å²) in [5, 5.41) is 21.4. The molecule has 7 rings (SSSR count). The molecule has 5 aromatic heterocycles. The van der Waals surface area contributed by atoms with Crippen molar-refractivity contribution in [2.24, 2.45) is 7.05 Å². The van der Waals surface area contributed by atoms with E-state index in [1.165, 1.54) is 6.42 Å². The van der Waals surface area contributed by atoms with Crippen molar-refractivity contribution in [3.05, 3.63) is 95.2 Å². The number of ether oxygens (including phenoxy) is 1. The van der Waals surface area contributed by atoms with Gasteiger partial charge >= 0.3 is 0 Å². The lowest BCUT2D eigenvalue weighted by atomic mass is 10.0. The highest BCUT2D eigenvalue weighted by atomic mass is 16.5. The molecular formula is C43H59N11O4. The highest BCUT2D eigenvalue weighted by Crippen LogP contribution is 2.32. The normalized spacial score (nSPS) is 16.3. The number of aromatic amines is 2. The zero-order valence-electron chi connectivity index (χ0n) is 35.3. The first-order valence-electron chi connectivity index (χ1n) is 20.3. The van der Waals surface area contributed by atoms with Crippen molar-refractivity contribution < 1.29 is 19.1 Å². The van der Waals surface area contributed by atoms with E-state index in [1.807, 2.05) is 64.2 Å². The maximum absolute atomic E-state index is 13.0. The Labute approximate surface area is 341 Å². The number of H-pyrrole nitrogens is 2. The topological polar surface area (TPSA) is 180 Å². The molecule has 58 heavy (non-hydrogen) atoms. The van der Waals surface area contributed by atoms with Crippen LogP contribution in [0.1, 0.15) is 141 Å². The minimum absolute atomic E-state index is 0.0287. The van der Waals surface area contributed by atoms with Gasteiger partial charge in [0.05, 0.1) is 12.3 Å². The van der Waals surface area contributed by atoms with Crippen molar-refractivity contribution in [2.75, 3.05) is 26.2 Å². The zero-order valence-corrected chi connectivity index (χ0v) is 35.3. The number of rotatable bonds is 10. The molecule has 5 aromatic rings. The lowest BCUT2D eigenvalue weighted by molar-refractivity contribution is 0.0774. The van der Waals surface area contributed by atoms with Gasteiger partial charge in [-0.1, -0.05) is 54.0 Å². The molecule has 3 amide bonds. The Morgan fingerprint density at radius 3 is 1.98 bits per heavy atom. The summed E-state index contributed by atoms with van der Waals surface area (Å²) in [6, 6.07) is 12.8. The minimum atomic E-state index is -0.211. The standard InChI is InChI=1S/C23H30N6O2.C17H21N5O2.C3H8/c1-14(2)19-10-21(27-26-19)23(30)29-7-6-16(13-29)20-8-17(18-11-24-28(5)12-18)9-22(25-20)31-15(3)4;1-11(2)14-9-15(21-20-14)17(24)22-8-6-12(10-22)19-16(23)13-5-3-4-7-18-13;1-3-2/h8-12,14-16H,6-7,13H2,1-5H3,(H,26,27);3-5,7,9,11-12H,6,8,10H2,1-2H3,(H,19,23)(H,20,21);3H2,1-2H3. The molecule has 2 aliphatic rings. The Kier molecular flexibility index (Phi) is 14.9. The lowest BCUT2D eigenvalue weighted by Crippen LogP contribution is -2.38. The average molecular weight is 794 g/mol. The monoisotopic (exact) mass is 793 g/mol. The molecule has 0 saturated carbocycles. The second-order valence-corrected chi connectivity index (χ2v) is 15.8. The molecule has 7 heterocycles. The lowest BCUT2D eigenvalue weighted by Gasteiger charge is -2.17.